The summed E-state index contributed by atoms with van der Waals surface area (Å²) in [6.45, 7) is 8.56. The highest BCUT2D eigenvalue weighted by atomic mass is 79.9. The first kappa shape index (κ1) is 16.6. The molecule has 1 unspecified atom stereocenters. The summed E-state index contributed by atoms with van der Waals surface area (Å²) in [4.78, 5) is 0. The van der Waals surface area contributed by atoms with Crippen LogP contribution in [0.15, 0.2) is 4.47 Å². The number of ether oxygens (including phenoxy) is 1. The number of nitrogens with zero attached hydrogens (tertiary/aromatic N) is 2. The average molecular weight is 333 g/mol. The lowest BCUT2D eigenvalue weighted by atomic mass is 10.1. The smallest absolute Gasteiger partial charge is 0.0738 e. The van der Waals surface area contributed by atoms with Gasteiger partial charge in [0.2, 0.25) is 0 Å². The van der Waals surface area contributed by atoms with Crippen LogP contribution in [0.2, 0.25) is 0 Å². The van der Waals surface area contributed by atoms with Gasteiger partial charge in [-0.05, 0) is 49.5 Å². The molecule has 1 aromatic rings. The highest BCUT2D eigenvalue weighted by Crippen LogP contribution is 2.23. The van der Waals surface area contributed by atoms with Crippen molar-refractivity contribution in [1.82, 2.24) is 15.2 Å². The van der Waals surface area contributed by atoms with E-state index in [2.05, 4.69) is 33.4 Å². The third-order valence-corrected chi connectivity index (χ3v) is 4.21. The number of aryl methyl sites for hydroxylation is 2. The highest BCUT2D eigenvalue weighted by Gasteiger charge is 2.16. The number of nitrogens with two attached hydrogens (primary N) is 1. The average Bonchev–Trinajstić information content (AvgIpc) is 2.69. The Morgan fingerprint density at radius 2 is 2.21 bits per heavy atom. The molecule has 5 nitrogen and oxygen atoms in total. The number of rotatable bonds is 9. The second kappa shape index (κ2) is 8.68. The molecule has 0 saturated heterocycles. The fourth-order valence-corrected chi connectivity index (χ4v) is 2.56. The Morgan fingerprint density at radius 3 is 2.79 bits per heavy atom. The Bertz CT molecular complexity index is 381. The maximum absolute atomic E-state index is 5.65. The van der Waals surface area contributed by atoms with Gasteiger partial charge in [0.25, 0.3) is 0 Å². The van der Waals surface area contributed by atoms with Crippen molar-refractivity contribution in [2.45, 2.75) is 52.6 Å². The van der Waals surface area contributed by atoms with Gasteiger partial charge in [0.1, 0.15) is 0 Å². The summed E-state index contributed by atoms with van der Waals surface area (Å²) in [5.41, 5.74) is 5.14. The summed E-state index contributed by atoms with van der Waals surface area (Å²) in [7, 11) is 0. The minimum atomic E-state index is 0.248. The van der Waals surface area contributed by atoms with Crippen LogP contribution >= 0.6 is 15.9 Å². The van der Waals surface area contributed by atoms with Gasteiger partial charge < -0.3 is 4.74 Å². The Morgan fingerprint density at radius 1 is 1.47 bits per heavy atom. The summed E-state index contributed by atoms with van der Waals surface area (Å²) >= 11 is 3.62. The van der Waals surface area contributed by atoms with E-state index in [0.29, 0.717) is 0 Å². The lowest BCUT2D eigenvalue weighted by molar-refractivity contribution is 0.140. The number of aromatic nitrogens is 2. The summed E-state index contributed by atoms with van der Waals surface area (Å²) in [6.07, 6.45) is 2.88. The lowest BCUT2D eigenvalue weighted by Crippen LogP contribution is -2.37. The van der Waals surface area contributed by atoms with Gasteiger partial charge in [-0.3, -0.25) is 16.0 Å². The molecule has 0 saturated carbocycles. The Kier molecular flexibility index (Phi) is 7.60. The van der Waals surface area contributed by atoms with Crippen LogP contribution in [0.3, 0.4) is 0 Å². The predicted octanol–water partition coefficient (Wildman–Crippen LogP) is 2.17. The molecule has 19 heavy (non-hydrogen) atoms. The molecule has 0 aliphatic heterocycles. The molecule has 1 heterocycles. The predicted molar refractivity (Wildman–Crippen MR) is 80.9 cm³/mol. The maximum atomic E-state index is 5.65. The fourth-order valence-electron chi connectivity index (χ4n) is 2.12. The van der Waals surface area contributed by atoms with Gasteiger partial charge >= 0.3 is 0 Å². The third kappa shape index (κ3) is 4.87. The van der Waals surface area contributed by atoms with Crippen LogP contribution in [-0.2, 0) is 17.7 Å². The van der Waals surface area contributed by atoms with Crippen molar-refractivity contribution in [2.75, 3.05) is 13.2 Å². The number of hydrogen-bond donors (Lipinski definition) is 2. The zero-order chi connectivity index (χ0) is 14.3. The second-order valence-electron chi connectivity index (χ2n) is 4.57. The molecule has 1 rings (SSSR count). The van der Waals surface area contributed by atoms with Crippen LogP contribution in [-0.4, -0.2) is 29.0 Å². The van der Waals surface area contributed by atoms with E-state index in [4.69, 9.17) is 10.6 Å². The highest BCUT2D eigenvalue weighted by molar-refractivity contribution is 9.10. The molecule has 0 fully saturated rings. The Hall–Kier alpha value is -0.430. The third-order valence-electron chi connectivity index (χ3n) is 3.17. The normalized spacial score (nSPS) is 12.9. The van der Waals surface area contributed by atoms with Gasteiger partial charge in [-0.1, -0.05) is 0 Å². The van der Waals surface area contributed by atoms with Gasteiger partial charge in [0.15, 0.2) is 0 Å². The zero-order valence-electron chi connectivity index (χ0n) is 12.1. The van der Waals surface area contributed by atoms with Crippen molar-refractivity contribution < 1.29 is 4.74 Å². The van der Waals surface area contributed by atoms with Crippen molar-refractivity contribution in [1.29, 1.82) is 0 Å². The quantitative estimate of drug-likeness (QED) is 0.413. The second-order valence-corrected chi connectivity index (χ2v) is 5.36. The minimum absolute atomic E-state index is 0.248. The van der Waals surface area contributed by atoms with E-state index >= 15 is 0 Å². The van der Waals surface area contributed by atoms with E-state index in [1.165, 1.54) is 5.69 Å². The first-order valence-electron chi connectivity index (χ1n) is 6.89. The molecule has 1 atom stereocenters. The van der Waals surface area contributed by atoms with Gasteiger partial charge in [0, 0.05) is 32.2 Å². The van der Waals surface area contributed by atoms with Gasteiger partial charge in [-0.2, -0.15) is 5.10 Å². The van der Waals surface area contributed by atoms with E-state index < -0.39 is 0 Å². The largest absolute Gasteiger partial charge is 0.382 e. The number of nitrogens with one attached hydrogen (secondary N) is 1. The zero-order valence-corrected chi connectivity index (χ0v) is 13.7. The van der Waals surface area contributed by atoms with Crippen molar-refractivity contribution in [2.24, 2.45) is 5.84 Å². The molecule has 0 aromatic carbocycles. The van der Waals surface area contributed by atoms with Crippen molar-refractivity contribution in [3.8, 4) is 0 Å². The molecule has 0 radical (unpaired) electrons. The van der Waals surface area contributed by atoms with Gasteiger partial charge in [-0.25, -0.2) is 0 Å². The van der Waals surface area contributed by atoms with E-state index in [0.717, 1.165) is 49.2 Å². The topological polar surface area (TPSA) is 65.1 Å². The van der Waals surface area contributed by atoms with E-state index in [-0.39, 0.29) is 6.04 Å². The molecule has 0 aliphatic carbocycles. The molecule has 0 spiro atoms. The Balaban J connectivity index is 2.59. The van der Waals surface area contributed by atoms with E-state index in [1.54, 1.807) is 0 Å². The van der Waals surface area contributed by atoms with Crippen molar-refractivity contribution in [3.63, 3.8) is 0 Å². The summed E-state index contributed by atoms with van der Waals surface area (Å²) < 4.78 is 8.49. The van der Waals surface area contributed by atoms with Crippen LogP contribution in [0.1, 0.15) is 38.1 Å². The van der Waals surface area contributed by atoms with Crippen LogP contribution in [0.25, 0.3) is 0 Å². The van der Waals surface area contributed by atoms with Crippen molar-refractivity contribution in [3.05, 3.63) is 15.9 Å². The SMILES string of the molecule is CCOCCCC(Cc1c(Br)c(C)nn1CC)NN. The van der Waals surface area contributed by atoms with E-state index in [1.807, 2.05) is 18.5 Å². The summed E-state index contributed by atoms with van der Waals surface area (Å²) in [6, 6.07) is 0.248. The molecule has 6 heteroatoms. The molecule has 3 N–H and O–H groups in total. The van der Waals surface area contributed by atoms with Crippen molar-refractivity contribution >= 4 is 15.9 Å². The molecular weight excluding hydrogens is 308 g/mol. The fraction of sp³-hybridized carbons (Fsp3) is 0.769. The van der Waals surface area contributed by atoms with Gasteiger partial charge in [-0.15, -0.1) is 0 Å². The molecular formula is C13H25BrN4O. The van der Waals surface area contributed by atoms with Gasteiger partial charge in [0.05, 0.1) is 15.9 Å². The van der Waals surface area contributed by atoms with Crippen LogP contribution in [0.4, 0.5) is 0 Å². The minimum Gasteiger partial charge on any atom is -0.382 e. The summed E-state index contributed by atoms with van der Waals surface area (Å²) in [5, 5.41) is 4.50. The van der Waals surface area contributed by atoms with Crippen LogP contribution in [0.5, 0.6) is 0 Å². The lowest BCUT2D eigenvalue weighted by Gasteiger charge is -2.16. The van der Waals surface area contributed by atoms with Crippen LogP contribution in [0, 0.1) is 6.92 Å². The Labute approximate surface area is 124 Å². The molecule has 0 aliphatic rings. The van der Waals surface area contributed by atoms with E-state index in [9.17, 15) is 0 Å². The number of hydrazine groups is 1. The molecule has 110 valence electrons. The summed E-state index contributed by atoms with van der Waals surface area (Å²) in [5.74, 6) is 5.65. The monoisotopic (exact) mass is 332 g/mol. The molecule has 0 bridgehead atoms. The first-order valence-corrected chi connectivity index (χ1v) is 7.68. The maximum Gasteiger partial charge on any atom is 0.0738 e. The van der Waals surface area contributed by atoms with Crippen LogP contribution < -0.4 is 11.3 Å². The first-order chi connectivity index (χ1) is 9.13. The standard InChI is InChI=1S/C13H25BrN4O/c1-4-18-12(13(14)10(3)17-18)9-11(16-15)7-6-8-19-5-2/h11,16H,4-9,15H2,1-3H3. The molecule has 1 aromatic heterocycles. The molecule has 0 amide bonds. The number of hydrogen-bond acceptors (Lipinski definition) is 4. The number of halogens is 1.